The van der Waals surface area contributed by atoms with Crippen molar-refractivity contribution in [1.82, 2.24) is 20.1 Å². The molecule has 2 N–H and O–H groups in total. The van der Waals surface area contributed by atoms with Gasteiger partial charge in [-0.3, -0.25) is 9.59 Å². The van der Waals surface area contributed by atoms with Gasteiger partial charge in [-0.25, -0.2) is 0 Å². The van der Waals surface area contributed by atoms with E-state index >= 15 is 0 Å². The number of rotatable bonds is 9. The Kier molecular flexibility index (Phi) is 8.96. The summed E-state index contributed by atoms with van der Waals surface area (Å²) in [6.45, 7) is 6.29. The van der Waals surface area contributed by atoms with Crippen LogP contribution in [-0.4, -0.2) is 32.3 Å². The zero-order valence-electron chi connectivity index (χ0n) is 17.6. The summed E-state index contributed by atoms with van der Waals surface area (Å²) in [5.41, 5.74) is 2.13. The summed E-state index contributed by atoms with van der Waals surface area (Å²) < 4.78 is 2.77. The molecular weight excluding hydrogens is 549 g/mol. The van der Waals surface area contributed by atoms with Crippen molar-refractivity contribution in [2.75, 3.05) is 11.1 Å². The maximum atomic E-state index is 12.4. The van der Waals surface area contributed by atoms with Crippen molar-refractivity contribution in [2.24, 2.45) is 0 Å². The third-order valence-electron chi connectivity index (χ3n) is 4.47. The monoisotopic (exact) mass is 567 g/mol. The van der Waals surface area contributed by atoms with Gasteiger partial charge in [0.25, 0.3) is 5.91 Å². The van der Waals surface area contributed by atoms with Crippen LogP contribution in [0.4, 0.5) is 5.69 Å². The number of hydrogen-bond donors (Lipinski definition) is 2. The van der Waals surface area contributed by atoms with Crippen molar-refractivity contribution in [3.8, 4) is 0 Å². The van der Waals surface area contributed by atoms with Crippen LogP contribution in [-0.2, 0) is 17.9 Å². The fourth-order valence-corrected chi connectivity index (χ4v) is 4.13. The molecule has 0 spiro atoms. The van der Waals surface area contributed by atoms with Crippen LogP contribution in [0.3, 0.4) is 0 Å². The first-order chi connectivity index (χ1) is 15.8. The predicted molar refractivity (Wildman–Crippen MR) is 136 cm³/mol. The minimum atomic E-state index is -0.319. The molecule has 0 aliphatic heterocycles. The quantitative estimate of drug-likeness (QED) is 0.263. The molecule has 1 heterocycles. The van der Waals surface area contributed by atoms with Crippen molar-refractivity contribution in [3.63, 3.8) is 0 Å². The molecule has 0 aliphatic rings. The number of carbonyl (C=O) groups excluding carboxylic acids is 2. The lowest BCUT2D eigenvalue weighted by molar-refractivity contribution is -0.113. The molecule has 0 saturated heterocycles. The van der Waals surface area contributed by atoms with E-state index in [0.29, 0.717) is 33.1 Å². The minimum absolute atomic E-state index is 0.144. The Hall–Kier alpha value is -2.33. The highest BCUT2D eigenvalue weighted by Crippen LogP contribution is 2.23. The summed E-state index contributed by atoms with van der Waals surface area (Å²) >= 11 is 16.6. The maximum absolute atomic E-state index is 12.4. The van der Waals surface area contributed by atoms with Gasteiger partial charge in [0, 0.05) is 22.3 Å². The zero-order chi connectivity index (χ0) is 24.0. The maximum Gasteiger partial charge on any atom is 0.251 e. The van der Waals surface area contributed by atoms with Gasteiger partial charge in [-0.15, -0.1) is 16.8 Å². The summed E-state index contributed by atoms with van der Waals surface area (Å²) in [5, 5.41) is 15.2. The first-order valence-corrected chi connectivity index (χ1v) is 12.3. The van der Waals surface area contributed by atoms with Crippen molar-refractivity contribution in [3.05, 3.63) is 80.5 Å². The number of aryl methyl sites for hydroxylation is 1. The molecule has 7 nitrogen and oxygen atoms in total. The number of anilines is 1. The molecule has 33 heavy (non-hydrogen) atoms. The van der Waals surface area contributed by atoms with Crippen LogP contribution in [0.15, 0.2) is 58.7 Å². The van der Waals surface area contributed by atoms with Gasteiger partial charge in [-0.2, -0.15) is 0 Å². The molecule has 0 unspecified atom stereocenters. The van der Waals surface area contributed by atoms with Gasteiger partial charge in [0.15, 0.2) is 11.0 Å². The molecule has 0 atom stereocenters. The topological polar surface area (TPSA) is 88.9 Å². The van der Waals surface area contributed by atoms with Gasteiger partial charge in [-0.05, 0) is 48.9 Å². The fourth-order valence-electron chi connectivity index (χ4n) is 2.82. The SMILES string of the molecule is C=CCn1c(CNC(=O)c2ccc(Cl)c(Cl)c2)nnc1SCC(=O)Nc1ccc(Br)c(C)c1. The Morgan fingerprint density at radius 3 is 2.67 bits per heavy atom. The van der Waals surface area contributed by atoms with E-state index < -0.39 is 0 Å². The van der Waals surface area contributed by atoms with E-state index in [4.69, 9.17) is 23.2 Å². The molecule has 0 saturated carbocycles. The summed E-state index contributed by atoms with van der Waals surface area (Å²) in [4.78, 5) is 24.8. The molecule has 0 bridgehead atoms. The molecule has 3 aromatic rings. The fraction of sp³-hybridized carbons (Fsp3) is 0.182. The second-order valence-electron chi connectivity index (χ2n) is 6.91. The smallest absolute Gasteiger partial charge is 0.251 e. The predicted octanol–water partition coefficient (Wildman–Crippen LogP) is 5.50. The highest BCUT2D eigenvalue weighted by atomic mass is 79.9. The van der Waals surface area contributed by atoms with Gasteiger partial charge < -0.3 is 15.2 Å². The number of halogens is 3. The highest BCUT2D eigenvalue weighted by Gasteiger charge is 2.15. The number of allylic oxidation sites excluding steroid dienone is 1. The Balaban J connectivity index is 1.61. The van der Waals surface area contributed by atoms with Crippen LogP contribution in [0.1, 0.15) is 21.7 Å². The third-order valence-corrected chi connectivity index (χ3v) is 7.06. The summed E-state index contributed by atoms with van der Waals surface area (Å²) in [6.07, 6.45) is 1.70. The minimum Gasteiger partial charge on any atom is -0.345 e. The van der Waals surface area contributed by atoms with E-state index in [0.717, 1.165) is 15.7 Å². The molecule has 2 aromatic carbocycles. The van der Waals surface area contributed by atoms with E-state index in [2.05, 4.69) is 43.3 Å². The summed E-state index contributed by atoms with van der Waals surface area (Å²) in [5.74, 6) is 0.208. The number of carbonyl (C=O) groups is 2. The van der Waals surface area contributed by atoms with E-state index in [1.807, 2.05) is 25.1 Å². The second-order valence-corrected chi connectivity index (χ2v) is 9.52. The lowest BCUT2D eigenvalue weighted by Gasteiger charge is -2.10. The van der Waals surface area contributed by atoms with Gasteiger partial charge in [0.05, 0.1) is 22.3 Å². The molecule has 0 aliphatic carbocycles. The van der Waals surface area contributed by atoms with Crippen molar-refractivity contribution in [1.29, 1.82) is 0 Å². The van der Waals surface area contributed by atoms with Crippen molar-refractivity contribution < 1.29 is 9.59 Å². The van der Waals surface area contributed by atoms with E-state index in [1.165, 1.54) is 17.8 Å². The van der Waals surface area contributed by atoms with E-state index in [1.54, 1.807) is 22.8 Å². The van der Waals surface area contributed by atoms with Crippen LogP contribution in [0.25, 0.3) is 0 Å². The van der Waals surface area contributed by atoms with Crippen LogP contribution in [0.5, 0.6) is 0 Å². The number of nitrogens with zero attached hydrogens (tertiary/aromatic N) is 3. The van der Waals surface area contributed by atoms with Crippen molar-refractivity contribution >= 4 is 68.4 Å². The van der Waals surface area contributed by atoms with Crippen LogP contribution < -0.4 is 10.6 Å². The number of hydrogen-bond acceptors (Lipinski definition) is 5. The summed E-state index contributed by atoms with van der Waals surface area (Å²) in [6, 6.07) is 10.3. The van der Waals surface area contributed by atoms with E-state index in [9.17, 15) is 9.59 Å². The molecule has 11 heteroatoms. The summed E-state index contributed by atoms with van der Waals surface area (Å²) in [7, 11) is 0. The van der Waals surface area contributed by atoms with Crippen molar-refractivity contribution in [2.45, 2.75) is 25.2 Å². The number of benzene rings is 2. The average molecular weight is 569 g/mol. The number of amides is 2. The lowest BCUT2D eigenvalue weighted by atomic mass is 10.2. The van der Waals surface area contributed by atoms with Crippen LogP contribution in [0, 0.1) is 6.92 Å². The molecule has 3 rings (SSSR count). The average Bonchev–Trinajstić information content (AvgIpc) is 3.17. The zero-order valence-corrected chi connectivity index (χ0v) is 21.5. The van der Waals surface area contributed by atoms with Crippen LogP contribution in [0.2, 0.25) is 10.0 Å². The Bertz CT molecular complexity index is 1200. The molecule has 2 amide bonds. The number of aromatic nitrogens is 3. The largest absolute Gasteiger partial charge is 0.345 e. The molecule has 0 radical (unpaired) electrons. The standard InChI is InChI=1S/C22H20BrCl2N5O2S/c1-3-8-30-19(11-26-21(32)14-4-7-17(24)18(25)10-14)28-29-22(30)33-12-20(31)27-15-5-6-16(23)13(2)9-15/h3-7,9-10H,1,8,11-12H2,2H3,(H,26,32)(H,27,31). The molecular formula is C22H20BrCl2N5O2S. The Morgan fingerprint density at radius 2 is 1.97 bits per heavy atom. The first-order valence-electron chi connectivity index (χ1n) is 9.73. The molecule has 0 fully saturated rings. The Morgan fingerprint density at radius 1 is 1.18 bits per heavy atom. The van der Waals surface area contributed by atoms with Gasteiger partial charge in [0.1, 0.15) is 0 Å². The Labute approximate surface area is 214 Å². The number of thioether (sulfide) groups is 1. The molecule has 1 aromatic heterocycles. The van der Waals surface area contributed by atoms with E-state index in [-0.39, 0.29) is 24.1 Å². The van der Waals surface area contributed by atoms with Crippen LogP contribution >= 0.6 is 50.9 Å². The normalized spacial score (nSPS) is 10.7. The van der Waals surface area contributed by atoms with Gasteiger partial charge in [-0.1, -0.05) is 57.0 Å². The first kappa shape index (κ1) is 25.3. The lowest BCUT2D eigenvalue weighted by Crippen LogP contribution is -2.25. The number of nitrogens with one attached hydrogen (secondary N) is 2. The molecule has 172 valence electrons. The highest BCUT2D eigenvalue weighted by molar-refractivity contribution is 9.10. The van der Waals surface area contributed by atoms with Gasteiger partial charge >= 0.3 is 0 Å². The van der Waals surface area contributed by atoms with Gasteiger partial charge in [0.2, 0.25) is 5.91 Å². The third kappa shape index (κ3) is 6.83. The second kappa shape index (κ2) is 11.7.